The van der Waals surface area contributed by atoms with Crippen LogP contribution in [0, 0.1) is 23.2 Å². The van der Waals surface area contributed by atoms with Gasteiger partial charge in [0.15, 0.2) is 11.2 Å². The van der Waals surface area contributed by atoms with Crippen molar-refractivity contribution in [3.8, 4) is 0 Å². The fourth-order valence-electron chi connectivity index (χ4n) is 6.32. The van der Waals surface area contributed by atoms with Gasteiger partial charge in [-0.1, -0.05) is 0 Å². The Morgan fingerprint density at radius 3 is 2.32 bits per heavy atom. The third kappa shape index (κ3) is 2.49. The average molecular weight is 386 g/mol. The van der Waals surface area contributed by atoms with Gasteiger partial charge in [-0.2, -0.15) is 0 Å². The molecule has 8 heteroatoms. The number of aryl methyl sites for hydroxylation is 1. The van der Waals surface area contributed by atoms with E-state index in [-0.39, 0.29) is 23.6 Å². The molecule has 0 saturated heterocycles. The molecule has 4 fully saturated rings. The Balaban J connectivity index is 1.32. The van der Waals surface area contributed by atoms with Crippen LogP contribution in [0.3, 0.4) is 0 Å². The molecular weight excluding hydrogens is 360 g/mol. The van der Waals surface area contributed by atoms with E-state index in [1.807, 2.05) is 0 Å². The highest BCUT2D eigenvalue weighted by Crippen LogP contribution is 2.60. The van der Waals surface area contributed by atoms with Crippen molar-refractivity contribution < 1.29 is 9.53 Å². The van der Waals surface area contributed by atoms with E-state index in [1.165, 1.54) is 37.2 Å². The zero-order chi connectivity index (χ0) is 19.6. The normalized spacial score (nSPS) is 30.9. The molecule has 150 valence electrons. The first-order chi connectivity index (χ1) is 13.4. The zero-order valence-corrected chi connectivity index (χ0v) is 16.4. The standard InChI is InChI=1S/C20H26N4O4/c1-22-16-15(17(25)23(2)19(22)27)24(11-21-16)3-4-28-18(26)20-8-12-5-13(9-20)7-14(6-12)10-20/h11-14H,3-10H2,1-2H3. The first-order valence-corrected chi connectivity index (χ1v) is 10.2. The van der Waals surface area contributed by atoms with Gasteiger partial charge < -0.3 is 9.30 Å². The van der Waals surface area contributed by atoms with Crippen molar-refractivity contribution in [2.24, 2.45) is 37.3 Å². The van der Waals surface area contributed by atoms with Crippen LogP contribution in [-0.4, -0.2) is 31.3 Å². The molecule has 8 nitrogen and oxygen atoms in total. The van der Waals surface area contributed by atoms with Crippen LogP contribution in [0.5, 0.6) is 0 Å². The van der Waals surface area contributed by atoms with E-state index in [1.54, 1.807) is 11.6 Å². The fourth-order valence-corrected chi connectivity index (χ4v) is 6.32. The summed E-state index contributed by atoms with van der Waals surface area (Å²) in [6.07, 6.45) is 8.34. The quantitative estimate of drug-likeness (QED) is 0.737. The summed E-state index contributed by atoms with van der Waals surface area (Å²) in [7, 11) is 3.04. The second-order valence-corrected chi connectivity index (χ2v) is 9.15. The first kappa shape index (κ1) is 17.7. The number of imidazole rings is 1. The molecule has 0 amide bonds. The van der Waals surface area contributed by atoms with E-state index in [4.69, 9.17) is 4.74 Å². The number of carbonyl (C=O) groups is 1. The van der Waals surface area contributed by atoms with Crippen LogP contribution in [0.2, 0.25) is 0 Å². The number of hydrogen-bond donors (Lipinski definition) is 0. The van der Waals surface area contributed by atoms with Gasteiger partial charge in [0.1, 0.15) is 6.61 Å². The van der Waals surface area contributed by atoms with Gasteiger partial charge in [-0.05, 0) is 56.3 Å². The number of hydrogen-bond acceptors (Lipinski definition) is 5. The maximum Gasteiger partial charge on any atom is 0.332 e. The zero-order valence-electron chi connectivity index (χ0n) is 16.4. The molecule has 0 N–H and O–H groups in total. The Hall–Kier alpha value is -2.38. The summed E-state index contributed by atoms with van der Waals surface area (Å²) >= 11 is 0. The van der Waals surface area contributed by atoms with E-state index in [0.29, 0.717) is 35.5 Å². The smallest absolute Gasteiger partial charge is 0.332 e. The molecule has 4 bridgehead atoms. The van der Waals surface area contributed by atoms with Gasteiger partial charge in [0.25, 0.3) is 5.56 Å². The maximum atomic E-state index is 13.0. The van der Waals surface area contributed by atoms with Crippen LogP contribution in [0.1, 0.15) is 38.5 Å². The number of rotatable bonds is 4. The summed E-state index contributed by atoms with van der Waals surface area (Å²) in [5.41, 5.74) is -0.360. The third-order valence-corrected chi connectivity index (χ3v) is 7.25. The van der Waals surface area contributed by atoms with Crippen molar-refractivity contribution in [1.29, 1.82) is 0 Å². The molecule has 0 spiro atoms. The molecule has 4 saturated carbocycles. The predicted molar refractivity (Wildman–Crippen MR) is 102 cm³/mol. The molecule has 0 aliphatic heterocycles. The second-order valence-electron chi connectivity index (χ2n) is 9.15. The Bertz CT molecular complexity index is 1040. The summed E-state index contributed by atoms with van der Waals surface area (Å²) in [6, 6.07) is 0. The number of fused-ring (bicyclic) bond motifs is 1. The predicted octanol–water partition coefficient (Wildman–Crippen LogP) is 1.19. The van der Waals surface area contributed by atoms with Gasteiger partial charge in [0.2, 0.25) is 0 Å². The summed E-state index contributed by atoms with van der Waals surface area (Å²) in [5.74, 6) is 2.03. The number of nitrogens with zero attached hydrogens (tertiary/aromatic N) is 4. The lowest BCUT2D eigenvalue weighted by Gasteiger charge is -2.55. The second kappa shape index (κ2) is 6.06. The lowest BCUT2D eigenvalue weighted by molar-refractivity contribution is -0.171. The number of esters is 1. The van der Waals surface area contributed by atoms with Crippen molar-refractivity contribution in [2.75, 3.05) is 6.61 Å². The SMILES string of the molecule is Cn1c(=O)c2c(ncn2CCOC(=O)C23CC4CC(CC(C4)C2)C3)n(C)c1=O. The van der Waals surface area contributed by atoms with Crippen LogP contribution < -0.4 is 11.2 Å². The molecule has 0 atom stereocenters. The molecule has 2 heterocycles. The number of aromatic nitrogens is 4. The van der Waals surface area contributed by atoms with Crippen molar-refractivity contribution in [3.05, 3.63) is 27.2 Å². The van der Waals surface area contributed by atoms with Gasteiger partial charge in [0.05, 0.1) is 18.3 Å². The van der Waals surface area contributed by atoms with Crippen LogP contribution in [0.25, 0.3) is 11.2 Å². The highest BCUT2D eigenvalue weighted by Gasteiger charge is 2.55. The largest absolute Gasteiger partial charge is 0.463 e. The Morgan fingerprint density at radius 1 is 1.11 bits per heavy atom. The Labute approximate surface area is 162 Å². The lowest BCUT2D eigenvalue weighted by Crippen LogP contribution is -2.50. The minimum absolute atomic E-state index is 0.0590. The Morgan fingerprint density at radius 2 is 1.71 bits per heavy atom. The molecular formula is C20H26N4O4. The molecule has 2 aromatic heterocycles. The van der Waals surface area contributed by atoms with E-state index in [9.17, 15) is 14.4 Å². The summed E-state index contributed by atoms with van der Waals surface area (Å²) < 4.78 is 9.81. The topological polar surface area (TPSA) is 88.1 Å². The highest BCUT2D eigenvalue weighted by atomic mass is 16.5. The maximum absolute atomic E-state index is 13.0. The summed E-state index contributed by atoms with van der Waals surface area (Å²) in [5, 5.41) is 0. The van der Waals surface area contributed by atoms with Gasteiger partial charge >= 0.3 is 11.7 Å². The molecule has 4 aliphatic carbocycles. The fraction of sp³-hybridized carbons (Fsp3) is 0.700. The van der Waals surface area contributed by atoms with Crippen molar-refractivity contribution in [1.82, 2.24) is 18.7 Å². The van der Waals surface area contributed by atoms with Crippen molar-refractivity contribution >= 4 is 17.1 Å². The van der Waals surface area contributed by atoms with Crippen LogP contribution >= 0.6 is 0 Å². The molecule has 0 radical (unpaired) electrons. The highest BCUT2D eigenvalue weighted by molar-refractivity contribution is 5.77. The van der Waals surface area contributed by atoms with Crippen LogP contribution in [0.15, 0.2) is 15.9 Å². The average Bonchev–Trinajstić information content (AvgIpc) is 3.07. The molecule has 0 unspecified atom stereocenters. The number of ether oxygens (including phenoxy) is 1. The van der Waals surface area contributed by atoms with Crippen molar-refractivity contribution in [2.45, 2.75) is 45.1 Å². The van der Waals surface area contributed by atoms with Gasteiger partial charge in [0, 0.05) is 14.1 Å². The van der Waals surface area contributed by atoms with Gasteiger partial charge in [-0.15, -0.1) is 0 Å². The Kier molecular flexibility index (Phi) is 3.83. The van der Waals surface area contributed by atoms with E-state index in [0.717, 1.165) is 23.8 Å². The minimum atomic E-state index is -0.406. The van der Waals surface area contributed by atoms with Gasteiger partial charge in [-0.3, -0.25) is 18.7 Å². The van der Waals surface area contributed by atoms with Crippen molar-refractivity contribution in [3.63, 3.8) is 0 Å². The van der Waals surface area contributed by atoms with E-state index in [2.05, 4.69) is 4.98 Å². The van der Waals surface area contributed by atoms with Gasteiger partial charge in [-0.25, -0.2) is 9.78 Å². The van der Waals surface area contributed by atoms with Crippen LogP contribution in [-0.2, 0) is 30.2 Å². The lowest BCUT2D eigenvalue weighted by atomic mass is 9.49. The monoisotopic (exact) mass is 386 g/mol. The van der Waals surface area contributed by atoms with E-state index < -0.39 is 5.69 Å². The van der Waals surface area contributed by atoms with E-state index >= 15 is 0 Å². The molecule has 28 heavy (non-hydrogen) atoms. The number of carbonyl (C=O) groups excluding carboxylic acids is 1. The minimum Gasteiger partial charge on any atom is -0.463 e. The third-order valence-electron chi connectivity index (χ3n) is 7.25. The molecule has 6 rings (SSSR count). The summed E-state index contributed by atoms with van der Waals surface area (Å²) in [4.78, 5) is 41.7. The first-order valence-electron chi connectivity index (χ1n) is 10.2. The molecule has 2 aromatic rings. The van der Waals surface area contributed by atoms with Crippen LogP contribution in [0.4, 0.5) is 0 Å². The molecule has 0 aromatic carbocycles. The molecule has 4 aliphatic rings. The summed E-state index contributed by atoms with van der Waals surface area (Å²) in [6.45, 7) is 0.556.